The first kappa shape index (κ1) is 18.5. The Morgan fingerprint density at radius 3 is 2.45 bits per heavy atom. The highest BCUT2D eigenvalue weighted by Crippen LogP contribution is 2.50. The lowest BCUT2D eigenvalue weighted by Crippen LogP contribution is -1.98. The van der Waals surface area contributed by atoms with E-state index in [0.717, 1.165) is 38.7 Å². The molecule has 0 aliphatic heterocycles. The molecule has 2 aromatic heterocycles. The van der Waals surface area contributed by atoms with Crippen LogP contribution in [0.4, 0.5) is 0 Å². The lowest BCUT2D eigenvalue weighted by Gasteiger charge is -2.28. The first-order valence-electron chi connectivity index (χ1n) is 9.52. The second-order valence-electron chi connectivity index (χ2n) is 8.29. The zero-order valence-electron chi connectivity index (χ0n) is 16.9. The topological polar surface area (TPSA) is 26.0 Å². The van der Waals surface area contributed by atoms with Gasteiger partial charge in [-0.3, -0.25) is 0 Å². The molecular weight excluding hydrogens is 398 g/mol. The summed E-state index contributed by atoms with van der Waals surface area (Å²) in [6.45, 7) is 2.12. The molecule has 0 radical (unpaired) electrons. The van der Waals surface area contributed by atoms with Crippen molar-refractivity contribution in [1.29, 1.82) is 0 Å². The summed E-state index contributed by atoms with van der Waals surface area (Å²) in [4.78, 5) is 6.34. The molecule has 0 spiro atoms. The number of aromatic nitrogens is 1. The monoisotopic (exact) mass is 419 g/mol. The third kappa shape index (κ3) is 3.09. The Balaban J connectivity index is 1.89. The van der Waals surface area contributed by atoms with Gasteiger partial charge >= 0.3 is 0 Å². The molecule has 2 heterocycles. The molecule has 2 nitrogen and oxygen atoms in total. The summed E-state index contributed by atoms with van der Waals surface area (Å²) in [7, 11) is -0.974. The fourth-order valence-corrected chi connectivity index (χ4v) is 5.44. The number of fused-ring (bicyclic) bond motifs is 4. The van der Waals surface area contributed by atoms with Crippen molar-refractivity contribution in [1.82, 2.24) is 4.98 Å². The molecule has 3 aromatic carbocycles. The van der Waals surface area contributed by atoms with E-state index in [1.807, 2.05) is 24.3 Å². The Hall–Kier alpha value is -2.49. The number of para-hydroxylation sites is 1. The van der Waals surface area contributed by atoms with Crippen LogP contribution in [0.1, 0.15) is 5.56 Å². The van der Waals surface area contributed by atoms with Crippen LogP contribution in [0.3, 0.4) is 0 Å². The second kappa shape index (κ2) is 6.51. The Bertz CT molecular complexity index is 1410. The molecule has 0 saturated heterocycles. The minimum absolute atomic E-state index is 0.704. The number of pyridine rings is 1. The molecule has 5 rings (SSSR count). The standard InChI is InChI=1S/C25H22ClNOS/c1-15-11-19-17-7-5-6-8-23(17)28-25(19)20(12-15)22-14-24(29(2,3)4)18-10-9-16(26)13-21(18)27-22/h5-14H,1-4H3. The smallest absolute Gasteiger partial charge is 0.144 e. The predicted octanol–water partition coefficient (Wildman–Crippen LogP) is 7.82. The fraction of sp³-hybridized carbons (Fsp3) is 0.160. The molecule has 0 aliphatic rings. The van der Waals surface area contributed by atoms with E-state index in [9.17, 15) is 0 Å². The Morgan fingerprint density at radius 2 is 1.66 bits per heavy atom. The molecule has 0 N–H and O–H groups in total. The van der Waals surface area contributed by atoms with E-state index in [-0.39, 0.29) is 0 Å². The maximum Gasteiger partial charge on any atom is 0.144 e. The van der Waals surface area contributed by atoms with Crippen LogP contribution in [0.2, 0.25) is 5.02 Å². The van der Waals surface area contributed by atoms with Crippen LogP contribution in [0.15, 0.2) is 70.0 Å². The Labute approximate surface area is 176 Å². The Morgan fingerprint density at radius 1 is 0.862 bits per heavy atom. The van der Waals surface area contributed by atoms with Crippen LogP contribution >= 0.6 is 21.6 Å². The normalized spacial score (nSPS) is 12.9. The van der Waals surface area contributed by atoms with Gasteiger partial charge in [-0.2, -0.15) is 0 Å². The van der Waals surface area contributed by atoms with Crippen molar-refractivity contribution in [2.24, 2.45) is 0 Å². The SMILES string of the molecule is Cc1cc(-c2cc(S(C)(C)C)c3ccc(Cl)cc3n2)c2oc3ccccc3c2c1. The molecule has 5 aromatic rings. The zero-order valence-corrected chi connectivity index (χ0v) is 18.5. The quantitative estimate of drug-likeness (QED) is 0.291. The number of halogens is 1. The number of nitrogens with zero attached hydrogens (tertiary/aromatic N) is 1. The van der Waals surface area contributed by atoms with Crippen molar-refractivity contribution in [2.75, 3.05) is 18.8 Å². The van der Waals surface area contributed by atoms with Crippen LogP contribution in [0, 0.1) is 6.92 Å². The van der Waals surface area contributed by atoms with Gasteiger partial charge in [-0.25, -0.2) is 15.0 Å². The van der Waals surface area contributed by atoms with E-state index in [4.69, 9.17) is 21.0 Å². The van der Waals surface area contributed by atoms with Crippen molar-refractivity contribution in [3.8, 4) is 11.3 Å². The molecule has 0 unspecified atom stereocenters. The van der Waals surface area contributed by atoms with Gasteiger partial charge in [-0.05, 0) is 67.7 Å². The summed E-state index contributed by atoms with van der Waals surface area (Å²) in [5.41, 5.74) is 5.88. The highest BCUT2D eigenvalue weighted by molar-refractivity contribution is 8.32. The van der Waals surface area contributed by atoms with Crippen LogP contribution in [-0.4, -0.2) is 23.8 Å². The minimum atomic E-state index is -0.974. The summed E-state index contributed by atoms with van der Waals surface area (Å²) < 4.78 is 6.29. The van der Waals surface area contributed by atoms with Gasteiger partial charge in [0.25, 0.3) is 0 Å². The van der Waals surface area contributed by atoms with E-state index in [1.54, 1.807) is 0 Å². The summed E-state index contributed by atoms with van der Waals surface area (Å²) in [5, 5.41) is 4.15. The summed E-state index contributed by atoms with van der Waals surface area (Å²) >= 11 is 6.31. The molecule has 0 aliphatic carbocycles. The largest absolute Gasteiger partial charge is 0.455 e. The van der Waals surface area contributed by atoms with E-state index >= 15 is 0 Å². The first-order chi connectivity index (χ1) is 13.8. The van der Waals surface area contributed by atoms with Crippen molar-refractivity contribution >= 4 is 54.5 Å². The van der Waals surface area contributed by atoms with E-state index in [0.29, 0.717) is 5.02 Å². The molecular formula is C25H22ClNOS. The minimum Gasteiger partial charge on any atom is -0.455 e. The van der Waals surface area contributed by atoms with Crippen LogP contribution in [0.25, 0.3) is 44.1 Å². The van der Waals surface area contributed by atoms with Gasteiger partial charge in [0.2, 0.25) is 0 Å². The fourth-order valence-electron chi connectivity index (χ4n) is 3.98. The molecule has 0 saturated carbocycles. The molecule has 4 heteroatoms. The first-order valence-corrected chi connectivity index (χ1v) is 12.8. The third-order valence-electron chi connectivity index (χ3n) is 5.29. The summed E-state index contributed by atoms with van der Waals surface area (Å²) in [6, 6.07) is 20.8. The molecule has 0 amide bonds. The second-order valence-corrected chi connectivity index (χ2v) is 12.8. The number of hydrogen-bond donors (Lipinski definition) is 0. The lowest BCUT2D eigenvalue weighted by atomic mass is 10.0. The number of aryl methyl sites for hydroxylation is 1. The van der Waals surface area contributed by atoms with Gasteiger partial charge in [0.15, 0.2) is 0 Å². The van der Waals surface area contributed by atoms with E-state index in [2.05, 4.69) is 62.1 Å². The Kier molecular flexibility index (Phi) is 4.16. The predicted molar refractivity (Wildman–Crippen MR) is 128 cm³/mol. The lowest BCUT2D eigenvalue weighted by molar-refractivity contribution is 0.669. The van der Waals surface area contributed by atoms with Crippen molar-refractivity contribution < 1.29 is 4.42 Å². The van der Waals surface area contributed by atoms with Crippen molar-refractivity contribution in [2.45, 2.75) is 11.8 Å². The molecule has 146 valence electrons. The highest BCUT2D eigenvalue weighted by atomic mass is 35.5. The zero-order chi connectivity index (χ0) is 20.3. The number of furan rings is 1. The average Bonchev–Trinajstić information content (AvgIpc) is 3.04. The average molecular weight is 420 g/mol. The maximum absolute atomic E-state index is 6.31. The van der Waals surface area contributed by atoms with Crippen LogP contribution in [-0.2, 0) is 0 Å². The molecule has 0 fully saturated rings. The summed E-state index contributed by atoms with van der Waals surface area (Å²) in [5.74, 6) is 0. The van der Waals surface area contributed by atoms with Gasteiger partial charge in [-0.15, -0.1) is 0 Å². The van der Waals surface area contributed by atoms with Gasteiger partial charge in [0.1, 0.15) is 11.2 Å². The number of benzene rings is 3. The van der Waals surface area contributed by atoms with Gasteiger partial charge < -0.3 is 4.42 Å². The highest BCUT2D eigenvalue weighted by Gasteiger charge is 2.19. The van der Waals surface area contributed by atoms with Gasteiger partial charge in [-0.1, -0.05) is 35.9 Å². The van der Waals surface area contributed by atoms with Gasteiger partial charge in [0.05, 0.1) is 11.2 Å². The third-order valence-corrected chi connectivity index (χ3v) is 7.18. The number of rotatable bonds is 2. The van der Waals surface area contributed by atoms with Crippen molar-refractivity contribution in [3.05, 3.63) is 71.2 Å². The molecule has 0 atom stereocenters. The van der Waals surface area contributed by atoms with Crippen molar-refractivity contribution in [3.63, 3.8) is 0 Å². The van der Waals surface area contributed by atoms with Gasteiger partial charge in [0, 0.05) is 31.6 Å². The number of hydrogen-bond acceptors (Lipinski definition) is 2. The van der Waals surface area contributed by atoms with Crippen LogP contribution < -0.4 is 0 Å². The maximum atomic E-state index is 6.31. The molecule has 29 heavy (non-hydrogen) atoms. The van der Waals surface area contributed by atoms with E-state index in [1.165, 1.54) is 15.8 Å². The summed E-state index contributed by atoms with van der Waals surface area (Å²) in [6.07, 6.45) is 6.94. The van der Waals surface area contributed by atoms with Crippen LogP contribution in [0.5, 0.6) is 0 Å². The molecule has 0 bridgehead atoms. The van der Waals surface area contributed by atoms with E-state index < -0.39 is 10.0 Å².